The summed E-state index contributed by atoms with van der Waals surface area (Å²) in [7, 11) is 0. The van der Waals surface area contributed by atoms with Gasteiger partial charge in [-0.05, 0) is 30.6 Å². The molecule has 3 nitrogen and oxygen atoms in total. The van der Waals surface area contributed by atoms with Crippen LogP contribution in [0.5, 0.6) is 0 Å². The Hall–Kier alpha value is -1.25. The highest BCUT2D eigenvalue weighted by molar-refractivity contribution is 7.98. The first kappa shape index (κ1) is 11.2. The highest BCUT2D eigenvalue weighted by atomic mass is 32.2. The molecule has 0 radical (unpaired) electrons. The zero-order valence-corrected chi connectivity index (χ0v) is 10.5. The van der Waals surface area contributed by atoms with Crippen molar-refractivity contribution < 1.29 is 0 Å². The molecule has 2 aromatic rings. The molecule has 0 saturated carbocycles. The zero-order chi connectivity index (χ0) is 11.5. The number of benzene rings is 1. The molecule has 0 saturated heterocycles. The van der Waals surface area contributed by atoms with E-state index in [0.29, 0.717) is 10.3 Å². The molecule has 16 heavy (non-hydrogen) atoms. The molecular weight excluding hydrogens is 238 g/mol. The third-order valence-corrected chi connectivity index (χ3v) is 3.36. The fourth-order valence-electron chi connectivity index (χ4n) is 1.68. The second-order valence-electron chi connectivity index (χ2n) is 3.39. The lowest BCUT2D eigenvalue weighted by molar-refractivity contribution is 0.784. The SMILES string of the molecule is CSCCn1c(=S)[nH]c2c(C#N)cccc21. The Balaban J connectivity index is 2.63. The molecule has 1 aromatic heterocycles. The van der Waals surface area contributed by atoms with Gasteiger partial charge in [-0.2, -0.15) is 17.0 Å². The van der Waals surface area contributed by atoms with Gasteiger partial charge in [0, 0.05) is 12.3 Å². The number of fused-ring (bicyclic) bond motifs is 1. The van der Waals surface area contributed by atoms with Crippen LogP contribution in [-0.4, -0.2) is 21.6 Å². The predicted molar refractivity (Wildman–Crippen MR) is 70.2 cm³/mol. The zero-order valence-electron chi connectivity index (χ0n) is 8.86. The van der Waals surface area contributed by atoms with Gasteiger partial charge in [0.05, 0.1) is 16.6 Å². The van der Waals surface area contributed by atoms with Crippen LogP contribution in [0.3, 0.4) is 0 Å². The van der Waals surface area contributed by atoms with E-state index in [4.69, 9.17) is 17.5 Å². The maximum Gasteiger partial charge on any atom is 0.178 e. The molecule has 0 spiro atoms. The van der Waals surface area contributed by atoms with E-state index in [-0.39, 0.29) is 0 Å². The number of hydrogen-bond donors (Lipinski definition) is 1. The van der Waals surface area contributed by atoms with E-state index in [1.54, 1.807) is 17.8 Å². The van der Waals surface area contributed by atoms with Gasteiger partial charge in [0.1, 0.15) is 6.07 Å². The van der Waals surface area contributed by atoms with Gasteiger partial charge in [0.2, 0.25) is 0 Å². The number of hydrogen-bond acceptors (Lipinski definition) is 3. The molecule has 0 aliphatic carbocycles. The van der Waals surface area contributed by atoms with Crippen LogP contribution in [0.4, 0.5) is 0 Å². The number of H-pyrrole nitrogens is 1. The van der Waals surface area contributed by atoms with Gasteiger partial charge >= 0.3 is 0 Å². The van der Waals surface area contributed by atoms with E-state index in [1.807, 2.05) is 16.7 Å². The summed E-state index contributed by atoms with van der Waals surface area (Å²) in [6, 6.07) is 7.85. The van der Waals surface area contributed by atoms with E-state index in [0.717, 1.165) is 23.3 Å². The highest BCUT2D eigenvalue weighted by Crippen LogP contribution is 2.18. The molecule has 5 heteroatoms. The molecule has 0 atom stereocenters. The number of rotatable bonds is 3. The van der Waals surface area contributed by atoms with Gasteiger partial charge in [-0.25, -0.2) is 0 Å². The van der Waals surface area contributed by atoms with Crippen molar-refractivity contribution >= 4 is 35.0 Å². The molecule has 1 heterocycles. The summed E-state index contributed by atoms with van der Waals surface area (Å²) in [6.45, 7) is 0.870. The minimum atomic E-state index is 0.645. The molecule has 0 aliphatic heterocycles. The summed E-state index contributed by atoms with van der Waals surface area (Å²) in [6.07, 6.45) is 2.07. The van der Waals surface area contributed by atoms with Crippen molar-refractivity contribution in [2.75, 3.05) is 12.0 Å². The molecule has 0 bridgehead atoms. The minimum absolute atomic E-state index is 0.645. The Labute approximate surface area is 103 Å². The minimum Gasteiger partial charge on any atom is -0.329 e. The normalized spacial score (nSPS) is 10.5. The Morgan fingerprint density at radius 2 is 2.38 bits per heavy atom. The van der Waals surface area contributed by atoms with E-state index in [1.165, 1.54) is 0 Å². The number of nitrogens with one attached hydrogen (secondary N) is 1. The number of nitriles is 1. The van der Waals surface area contributed by atoms with Crippen LogP contribution in [-0.2, 0) is 6.54 Å². The highest BCUT2D eigenvalue weighted by Gasteiger charge is 2.07. The van der Waals surface area contributed by atoms with Gasteiger partial charge in [0.15, 0.2) is 4.77 Å². The quantitative estimate of drug-likeness (QED) is 0.851. The second kappa shape index (κ2) is 4.73. The average molecular weight is 249 g/mol. The average Bonchev–Trinajstić information content (AvgIpc) is 2.62. The molecule has 1 N–H and O–H groups in total. The molecule has 0 aliphatic rings. The molecule has 0 fully saturated rings. The summed E-state index contributed by atoms with van der Waals surface area (Å²) >= 11 is 7.04. The first-order chi connectivity index (χ1) is 7.77. The topological polar surface area (TPSA) is 44.5 Å². The fourth-order valence-corrected chi connectivity index (χ4v) is 2.33. The van der Waals surface area contributed by atoms with Crippen LogP contribution in [0.25, 0.3) is 11.0 Å². The van der Waals surface area contributed by atoms with Crippen LogP contribution in [0.15, 0.2) is 18.2 Å². The van der Waals surface area contributed by atoms with Gasteiger partial charge in [-0.1, -0.05) is 6.07 Å². The Bertz CT molecular complexity index is 604. The summed E-state index contributed by atoms with van der Waals surface area (Å²) in [4.78, 5) is 3.10. The fraction of sp³-hybridized carbons (Fsp3) is 0.273. The Morgan fingerprint density at radius 3 is 3.06 bits per heavy atom. The first-order valence-corrected chi connectivity index (χ1v) is 6.68. The number of thioether (sulfide) groups is 1. The Morgan fingerprint density at radius 1 is 1.56 bits per heavy atom. The lowest BCUT2D eigenvalue weighted by Gasteiger charge is -2.02. The number of aromatic amines is 1. The summed E-state index contributed by atoms with van der Waals surface area (Å²) in [5, 5.41) is 8.99. The standard InChI is InChI=1S/C11H11N3S2/c1-16-6-5-14-9-4-2-3-8(7-12)10(9)13-11(14)15/h2-4H,5-6H2,1H3,(H,13,15). The van der Waals surface area contributed by atoms with Crippen molar-refractivity contribution in [1.82, 2.24) is 9.55 Å². The van der Waals surface area contributed by atoms with E-state index in [9.17, 15) is 0 Å². The maximum atomic E-state index is 8.99. The Kier molecular flexibility index (Phi) is 3.32. The monoisotopic (exact) mass is 249 g/mol. The van der Waals surface area contributed by atoms with Crippen LogP contribution >= 0.6 is 24.0 Å². The summed E-state index contributed by atoms with van der Waals surface area (Å²) < 4.78 is 2.73. The van der Waals surface area contributed by atoms with Crippen LogP contribution in [0.1, 0.15) is 5.56 Å². The largest absolute Gasteiger partial charge is 0.329 e. The van der Waals surface area contributed by atoms with Crippen molar-refractivity contribution in [2.24, 2.45) is 0 Å². The third-order valence-electron chi connectivity index (χ3n) is 2.45. The third kappa shape index (κ3) is 1.86. The van der Waals surface area contributed by atoms with Crippen molar-refractivity contribution in [3.63, 3.8) is 0 Å². The van der Waals surface area contributed by atoms with Crippen molar-refractivity contribution in [2.45, 2.75) is 6.54 Å². The van der Waals surface area contributed by atoms with Gasteiger partial charge < -0.3 is 9.55 Å². The lowest BCUT2D eigenvalue weighted by Crippen LogP contribution is -1.99. The van der Waals surface area contributed by atoms with Gasteiger partial charge in [-0.15, -0.1) is 0 Å². The molecule has 1 aromatic carbocycles. The molecule has 0 amide bonds. The van der Waals surface area contributed by atoms with E-state index < -0.39 is 0 Å². The molecule has 2 rings (SSSR count). The summed E-state index contributed by atoms with van der Waals surface area (Å²) in [5.41, 5.74) is 2.50. The number of aryl methyl sites for hydroxylation is 1. The van der Waals surface area contributed by atoms with Crippen molar-refractivity contribution in [3.8, 4) is 6.07 Å². The summed E-state index contributed by atoms with van der Waals surface area (Å²) in [5.74, 6) is 1.01. The van der Waals surface area contributed by atoms with Gasteiger partial charge in [-0.3, -0.25) is 0 Å². The number of imidazole rings is 1. The van der Waals surface area contributed by atoms with Crippen molar-refractivity contribution in [1.29, 1.82) is 5.26 Å². The van der Waals surface area contributed by atoms with Crippen molar-refractivity contribution in [3.05, 3.63) is 28.5 Å². The molecular formula is C11H11N3S2. The molecule has 0 unspecified atom stereocenters. The first-order valence-electron chi connectivity index (χ1n) is 4.88. The number of nitrogens with zero attached hydrogens (tertiary/aromatic N) is 2. The maximum absolute atomic E-state index is 8.99. The lowest BCUT2D eigenvalue weighted by atomic mass is 10.2. The van der Waals surface area contributed by atoms with Crippen LogP contribution in [0, 0.1) is 16.1 Å². The van der Waals surface area contributed by atoms with Gasteiger partial charge in [0.25, 0.3) is 0 Å². The van der Waals surface area contributed by atoms with E-state index in [2.05, 4.69) is 17.3 Å². The number of para-hydroxylation sites is 1. The van der Waals surface area contributed by atoms with Crippen LogP contribution < -0.4 is 0 Å². The predicted octanol–water partition coefficient (Wildman–Crippen LogP) is 2.93. The molecule has 82 valence electrons. The van der Waals surface area contributed by atoms with Crippen LogP contribution in [0.2, 0.25) is 0 Å². The second-order valence-corrected chi connectivity index (χ2v) is 4.76. The smallest absolute Gasteiger partial charge is 0.178 e. The van der Waals surface area contributed by atoms with E-state index >= 15 is 0 Å². The number of aromatic nitrogens is 2.